The fourth-order valence-electron chi connectivity index (χ4n) is 4.02. The van der Waals surface area contributed by atoms with Crippen LogP contribution in [0.3, 0.4) is 0 Å². The average molecular weight is 396 g/mol. The molecule has 0 bridgehead atoms. The van der Waals surface area contributed by atoms with Crippen molar-refractivity contribution in [2.75, 3.05) is 13.2 Å². The monoisotopic (exact) mass is 395 g/mol. The lowest BCUT2D eigenvalue weighted by Crippen LogP contribution is -2.12. The molecule has 3 aromatic heterocycles. The van der Waals surface area contributed by atoms with Gasteiger partial charge in [-0.2, -0.15) is 0 Å². The van der Waals surface area contributed by atoms with Crippen LogP contribution in [0.2, 0.25) is 0 Å². The highest BCUT2D eigenvalue weighted by molar-refractivity contribution is 5.84. The second-order valence-electron chi connectivity index (χ2n) is 7.49. The standard InChI is InChI=1S/C24H33N3O2/c1-6-10-18(15-28)27-14-16(5)23-21(27)13-17(7-2)24(26-23)19-11-12-22(29-9-4)25-20(19)8-3/h11-14,18,28H,6-10,15H2,1-5H3/t18-/m0/s1. The predicted octanol–water partition coefficient (Wildman–Crippen LogP) is 5.26. The van der Waals surface area contributed by atoms with Crippen LogP contribution in [0.5, 0.6) is 5.88 Å². The summed E-state index contributed by atoms with van der Waals surface area (Å²) in [5.74, 6) is 0.667. The summed E-state index contributed by atoms with van der Waals surface area (Å²) >= 11 is 0. The van der Waals surface area contributed by atoms with Crippen LogP contribution in [0.4, 0.5) is 0 Å². The number of aliphatic hydroxyl groups excluding tert-OH is 1. The summed E-state index contributed by atoms with van der Waals surface area (Å²) in [5.41, 5.74) is 7.53. The van der Waals surface area contributed by atoms with Gasteiger partial charge in [0.2, 0.25) is 5.88 Å². The van der Waals surface area contributed by atoms with Crippen LogP contribution in [0.1, 0.15) is 63.4 Å². The van der Waals surface area contributed by atoms with E-state index in [-0.39, 0.29) is 12.6 Å². The zero-order valence-corrected chi connectivity index (χ0v) is 18.3. The van der Waals surface area contributed by atoms with Gasteiger partial charge >= 0.3 is 0 Å². The first-order valence-electron chi connectivity index (χ1n) is 10.8. The van der Waals surface area contributed by atoms with Gasteiger partial charge in [0.05, 0.1) is 41.7 Å². The van der Waals surface area contributed by atoms with E-state index < -0.39 is 0 Å². The molecule has 0 saturated heterocycles. The lowest BCUT2D eigenvalue weighted by Gasteiger charge is -2.18. The third kappa shape index (κ3) is 4.15. The van der Waals surface area contributed by atoms with Gasteiger partial charge in [-0.15, -0.1) is 0 Å². The van der Waals surface area contributed by atoms with Crippen LogP contribution in [0.25, 0.3) is 22.3 Å². The number of pyridine rings is 2. The minimum Gasteiger partial charge on any atom is -0.478 e. The second kappa shape index (κ2) is 9.40. The van der Waals surface area contributed by atoms with Gasteiger partial charge in [0.25, 0.3) is 0 Å². The molecule has 3 rings (SSSR count). The molecule has 5 nitrogen and oxygen atoms in total. The first-order valence-corrected chi connectivity index (χ1v) is 10.8. The fraction of sp³-hybridized carbons (Fsp3) is 0.500. The normalized spacial score (nSPS) is 12.5. The number of aryl methyl sites for hydroxylation is 3. The van der Waals surface area contributed by atoms with Crippen molar-refractivity contribution in [3.05, 3.63) is 41.2 Å². The molecule has 3 aromatic rings. The fourth-order valence-corrected chi connectivity index (χ4v) is 4.02. The number of rotatable bonds is 9. The highest BCUT2D eigenvalue weighted by Crippen LogP contribution is 2.33. The molecule has 3 heterocycles. The van der Waals surface area contributed by atoms with Crippen LogP contribution in [0.15, 0.2) is 24.4 Å². The lowest BCUT2D eigenvalue weighted by molar-refractivity contribution is 0.223. The summed E-state index contributed by atoms with van der Waals surface area (Å²) in [4.78, 5) is 9.82. The van der Waals surface area contributed by atoms with Crippen molar-refractivity contribution in [1.82, 2.24) is 14.5 Å². The second-order valence-corrected chi connectivity index (χ2v) is 7.49. The number of nitrogens with zero attached hydrogens (tertiary/aromatic N) is 3. The molecule has 0 radical (unpaired) electrons. The molecule has 0 fully saturated rings. The molecule has 156 valence electrons. The molecule has 1 N–H and O–H groups in total. The van der Waals surface area contributed by atoms with Crippen LogP contribution in [0, 0.1) is 6.92 Å². The summed E-state index contributed by atoms with van der Waals surface area (Å²) in [6.45, 7) is 11.2. The van der Waals surface area contributed by atoms with Crippen LogP contribution in [-0.2, 0) is 12.8 Å². The van der Waals surface area contributed by atoms with Crippen molar-refractivity contribution in [3.63, 3.8) is 0 Å². The van der Waals surface area contributed by atoms with Crippen molar-refractivity contribution in [1.29, 1.82) is 0 Å². The Bertz CT molecular complexity index is 978. The third-order valence-corrected chi connectivity index (χ3v) is 5.50. The van der Waals surface area contributed by atoms with E-state index in [9.17, 15) is 5.11 Å². The maximum Gasteiger partial charge on any atom is 0.213 e. The Kier molecular flexibility index (Phi) is 6.91. The predicted molar refractivity (Wildman–Crippen MR) is 119 cm³/mol. The first kappa shape index (κ1) is 21.3. The van der Waals surface area contributed by atoms with Crippen molar-refractivity contribution in [2.24, 2.45) is 0 Å². The van der Waals surface area contributed by atoms with E-state index >= 15 is 0 Å². The van der Waals surface area contributed by atoms with Crippen LogP contribution >= 0.6 is 0 Å². The SMILES string of the molecule is CCC[C@@H](CO)n1cc(C)c2nc(-c3ccc(OCC)nc3CC)c(CC)cc21. The van der Waals surface area contributed by atoms with E-state index in [0.717, 1.165) is 59.2 Å². The highest BCUT2D eigenvalue weighted by Gasteiger charge is 2.19. The van der Waals surface area contributed by atoms with E-state index in [1.165, 1.54) is 5.56 Å². The summed E-state index contributed by atoms with van der Waals surface area (Å²) in [5, 5.41) is 9.92. The zero-order valence-electron chi connectivity index (χ0n) is 18.3. The molecule has 0 aliphatic rings. The Morgan fingerprint density at radius 3 is 2.52 bits per heavy atom. The van der Waals surface area contributed by atoms with Gasteiger partial charge in [-0.05, 0) is 56.4 Å². The smallest absolute Gasteiger partial charge is 0.213 e. The minimum atomic E-state index is 0.0897. The highest BCUT2D eigenvalue weighted by atomic mass is 16.5. The number of aliphatic hydroxyl groups is 1. The summed E-state index contributed by atoms with van der Waals surface area (Å²) < 4.78 is 7.80. The maximum atomic E-state index is 9.92. The van der Waals surface area contributed by atoms with Gasteiger partial charge < -0.3 is 14.4 Å². The van der Waals surface area contributed by atoms with Crippen molar-refractivity contribution < 1.29 is 9.84 Å². The van der Waals surface area contributed by atoms with E-state index in [2.05, 4.69) is 50.6 Å². The Labute approximate surface area is 173 Å². The first-order chi connectivity index (χ1) is 14.1. The number of aromatic nitrogens is 3. The van der Waals surface area contributed by atoms with Crippen LogP contribution in [-0.4, -0.2) is 32.9 Å². The number of fused-ring (bicyclic) bond motifs is 1. The molecule has 0 aliphatic carbocycles. The number of hydrogen-bond donors (Lipinski definition) is 1. The van der Waals surface area contributed by atoms with Crippen molar-refractivity contribution in [3.8, 4) is 17.1 Å². The summed E-state index contributed by atoms with van der Waals surface area (Å²) in [6, 6.07) is 6.36. The van der Waals surface area contributed by atoms with E-state index in [1.54, 1.807) is 0 Å². The Hall–Kier alpha value is -2.40. The topological polar surface area (TPSA) is 60.2 Å². The lowest BCUT2D eigenvalue weighted by atomic mass is 10.0. The molecule has 0 aliphatic heterocycles. The molecule has 0 saturated carbocycles. The van der Waals surface area contributed by atoms with E-state index in [0.29, 0.717) is 12.5 Å². The third-order valence-electron chi connectivity index (χ3n) is 5.50. The molecular formula is C24H33N3O2. The summed E-state index contributed by atoms with van der Waals surface area (Å²) in [6.07, 6.45) is 5.83. The Morgan fingerprint density at radius 2 is 1.90 bits per heavy atom. The van der Waals surface area contributed by atoms with Gasteiger partial charge in [0, 0.05) is 17.8 Å². The van der Waals surface area contributed by atoms with Gasteiger partial charge in [-0.25, -0.2) is 9.97 Å². The molecule has 0 spiro atoms. The molecular weight excluding hydrogens is 362 g/mol. The van der Waals surface area contributed by atoms with Gasteiger partial charge in [-0.3, -0.25) is 0 Å². The largest absolute Gasteiger partial charge is 0.478 e. The number of hydrogen-bond acceptors (Lipinski definition) is 4. The van der Waals surface area contributed by atoms with E-state index in [4.69, 9.17) is 14.7 Å². The van der Waals surface area contributed by atoms with E-state index in [1.807, 2.05) is 13.0 Å². The van der Waals surface area contributed by atoms with Crippen LogP contribution < -0.4 is 4.74 Å². The quantitative estimate of drug-likeness (QED) is 0.537. The maximum absolute atomic E-state index is 9.92. The van der Waals surface area contributed by atoms with Gasteiger partial charge in [0.1, 0.15) is 0 Å². The molecule has 0 amide bonds. The van der Waals surface area contributed by atoms with Gasteiger partial charge in [-0.1, -0.05) is 27.2 Å². The average Bonchev–Trinajstić information content (AvgIpc) is 3.06. The Morgan fingerprint density at radius 1 is 1.10 bits per heavy atom. The molecule has 5 heteroatoms. The minimum absolute atomic E-state index is 0.0897. The molecule has 0 unspecified atom stereocenters. The van der Waals surface area contributed by atoms with Gasteiger partial charge in [0.15, 0.2) is 0 Å². The molecule has 0 aromatic carbocycles. The summed E-state index contributed by atoms with van der Waals surface area (Å²) in [7, 11) is 0. The zero-order chi connectivity index (χ0) is 21.0. The molecule has 1 atom stereocenters. The van der Waals surface area contributed by atoms with Crippen molar-refractivity contribution in [2.45, 2.75) is 66.3 Å². The molecule has 29 heavy (non-hydrogen) atoms. The number of ether oxygens (including phenoxy) is 1. The Balaban J connectivity index is 2.19. The van der Waals surface area contributed by atoms with Crippen molar-refractivity contribution >= 4 is 11.0 Å².